The predicted molar refractivity (Wildman–Crippen MR) is 105 cm³/mol. The zero-order valence-corrected chi connectivity index (χ0v) is 15.7. The number of fused-ring (bicyclic) bond motifs is 2. The van der Waals surface area contributed by atoms with E-state index in [1.165, 1.54) is 31.3 Å². The van der Waals surface area contributed by atoms with E-state index in [0.29, 0.717) is 4.52 Å². The van der Waals surface area contributed by atoms with Gasteiger partial charge >= 0.3 is 6.18 Å². The van der Waals surface area contributed by atoms with Crippen LogP contribution in [0.2, 0.25) is 0 Å². The largest absolute Gasteiger partial charge is 0.436 e. The van der Waals surface area contributed by atoms with Crippen LogP contribution in [0.4, 0.5) is 13.2 Å². The number of nitrogens with zero attached hydrogens (tertiary/aromatic N) is 3. The zero-order chi connectivity index (χ0) is 21.9. The molecule has 1 aromatic carbocycles. The molecule has 0 bridgehead atoms. The van der Waals surface area contributed by atoms with Gasteiger partial charge in [-0.2, -0.15) is 17.7 Å². The molecule has 5 aromatic rings. The van der Waals surface area contributed by atoms with Gasteiger partial charge in [0.1, 0.15) is 11.3 Å². The third-order valence-corrected chi connectivity index (χ3v) is 4.84. The van der Waals surface area contributed by atoms with Crippen LogP contribution in [-0.2, 0) is 6.18 Å². The first-order chi connectivity index (χ1) is 14.8. The molecule has 11 heteroatoms. The number of hydrogen-bond donors (Lipinski definition) is 2. The molecule has 4 heterocycles. The first-order valence-electron chi connectivity index (χ1n) is 9.02. The molecule has 0 aliphatic heterocycles. The van der Waals surface area contributed by atoms with Crippen LogP contribution >= 0.6 is 0 Å². The SMILES string of the molecule is Cc1nc2c(-c3ccccc3)c(C(F)(F)F)[nH]n2c(=O)c1-c1nc2c(=O)[nH]ccc2o1. The number of aryl methyl sites for hydroxylation is 1. The standard InChI is InChI=1S/C20H12F3N5O3/c1-9-12(18-26-14-11(31-18)7-8-24-17(14)29)19(30)28-16(25-9)13(10-5-3-2-4-6-10)15(27-28)20(21,22)23/h2-8,27H,1H3,(H,24,29). The summed E-state index contributed by atoms with van der Waals surface area (Å²) in [4.78, 5) is 35.8. The second kappa shape index (κ2) is 6.42. The van der Waals surface area contributed by atoms with Crippen LogP contribution in [0.1, 0.15) is 11.4 Å². The Morgan fingerprint density at radius 3 is 2.45 bits per heavy atom. The molecule has 0 saturated carbocycles. The highest BCUT2D eigenvalue weighted by Crippen LogP contribution is 2.38. The van der Waals surface area contributed by atoms with Gasteiger partial charge in [0.05, 0.1) is 11.3 Å². The number of aromatic nitrogens is 5. The van der Waals surface area contributed by atoms with Crippen LogP contribution in [0.3, 0.4) is 0 Å². The van der Waals surface area contributed by atoms with Crippen LogP contribution in [0, 0.1) is 6.92 Å². The lowest BCUT2D eigenvalue weighted by Gasteiger charge is -2.07. The number of hydrogen-bond acceptors (Lipinski definition) is 5. The summed E-state index contributed by atoms with van der Waals surface area (Å²) in [6.07, 6.45) is -3.40. The van der Waals surface area contributed by atoms with Gasteiger partial charge in [0.2, 0.25) is 5.89 Å². The van der Waals surface area contributed by atoms with Crippen LogP contribution in [-0.4, -0.2) is 24.6 Å². The van der Waals surface area contributed by atoms with Crippen LogP contribution < -0.4 is 11.1 Å². The van der Waals surface area contributed by atoms with Crippen LogP contribution in [0.15, 0.2) is 56.6 Å². The van der Waals surface area contributed by atoms with E-state index < -0.39 is 23.0 Å². The van der Waals surface area contributed by atoms with Gasteiger partial charge < -0.3 is 9.40 Å². The van der Waals surface area contributed by atoms with Crippen molar-refractivity contribution < 1.29 is 17.6 Å². The van der Waals surface area contributed by atoms with Crippen molar-refractivity contribution >= 4 is 16.7 Å². The Morgan fingerprint density at radius 1 is 1.03 bits per heavy atom. The molecule has 0 amide bonds. The van der Waals surface area contributed by atoms with Gasteiger partial charge in [0.25, 0.3) is 11.1 Å². The van der Waals surface area contributed by atoms with Crippen LogP contribution in [0.25, 0.3) is 39.3 Å². The van der Waals surface area contributed by atoms with Crippen molar-refractivity contribution in [2.75, 3.05) is 0 Å². The maximum absolute atomic E-state index is 13.8. The summed E-state index contributed by atoms with van der Waals surface area (Å²) in [5, 5.41) is 2.13. The minimum Gasteiger partial charge on any atom is -0.436 e. The van der Waals surface area contributed by atoms with Gasteiger partial charge in [-0.3, -0.25) is 14.7 Å². The summed E-state index contributed by atoms with van der Waals surface area (Å²) in [5.74, 6) is -0.208. The van der Waals surface area contributed by atoms with Gasteiger partial charge in [-0.25, -0.2) is 9.97 Å². The number of aromatic amines is 2. The normalized spacial score (nSPS) is 12.1. The number of pyridine rings is 1. The van der Waals surface area contributed by atoms with Gasteiger partial charge in [0.15, 0.2) is 16.7 Å². The Balaban J connectivity index is 1.85. The van der Waals surface area contributed by atoms with E-state index in [4.69, 9.17) is 4.42 Å². The highest BCUT2D eigenvalue weighted by molar-refractivity contribution is 5.82. The molecule has 2 N–H and O–H groups in total. The average Bonchev–Trinajstić information content (AvgIpc) is 3.31. The molecule has 0 aliphatic carbocycles. The number of H-pyrrole nitrogens is 2. The molecule has 5 rings (SSSR count). The Labute approximate surface area is 170 Å². The van der Waals surface area contributed by atoms with Gasteiger partial charge in [0, 0.05) is 6.20 Å². The van der Waals surface area contributed by atoms with Crippen molar-refractivity contribution in [1.82, 2.24) is 24.6 Å². The minimum absolute atomic E-state index is 0.0335. The molecular weight excluding hydrogens is 415 g/mol. The zero-order valence-electron chi connectivity index (χ0n) is 15.7. The van der Waals surface area contributed by atoms with Crippen molar-refractivity contribution in [3.63, 3.8) is 0 Å². The second-order valence-corrected chi connectivity index (χ2v) is 6.80. The van der Waals surface area contributed by atoms with Crippen molar-refractivity contribution in [1.29, 1.82) is 0 Å². The number of halogens is 3. The Hall–Kier alpha value is -4.15. The van der Waals surface area contributed by atoms with E-state index in [1.807, 2.05) is 0 Å². The third-order valence-electron chi connectivity index (χ3n) is 4.84. The maximum Gasteiger partial charge on any atom is 0.433 e. The lowest BCUT2D eigenvalue weighted by Crippen LogP contribution is -2.20. The molecule has 156 valence electrons. The predicted octanol–water partition coefficient (Wildman–Crippen LogP) is 3.51. The van der Waals surface area contributed by atoms with Crippen molar-refractivity contribution in [3.8, 4) is 22.6 Å². The summed E-state index contributed by atoms with van der Waals surface area (Å²) >= 11 is 0. The maximum atomic E-state index is 13.8. The molecule has 8 nitrogen and oxygen atoms in total. The van der Waals surface area contributed by atoms with E-state index in [2.05, 4.69) is 20.1 Å². The van der Waals surface area contributed by atoms with Gasteiger partial charge in [-0.05, 0) is 18.6 Å². The molecule has 4 aromatic heterocycles. The number of oxazole rings is 1. The molecule has 0 atom stereocenters. The summed E-state index contributed by atoms with van der Waals surface area (Å²) in [6, 6.07) is 9.31. The fourth-order valence-corrected chi connectivity index (χ4v) is 3.48. The smallest absolute Gasteiger partial charge is 0.433 e. The monoisotopic (exact) mass is 427 g/mol. The number of rotatable bonds is 2. The van der Waals surface area contributed by atoms with E-state index in [-0.39, 0.29) is 45.0 Å². The van der Waals surface area contributed by atoms with Gasteiger partial charge in [-0.1, -0.05) is 30.3 Å². The lowest BCUT2D eigenvalue weighted by molar-refractivity contribution is -0.140. The molecule has 0 fully saturated rings. The number of alkyl halides is 3. The summed E-state index contributed by atoms with van der Waals surface area (Å²) in [7, 11) is 0. The molecule has 31 heavy (non-hydrogen) atoms. The van der Waals surface area contributed by atoms with E-state index >= 15 is 0 Å². The number of benzene rings is 1. The Morgan fingerprint density at radius 2 is 1.77 bits per heavy atom. The average molecular weight is 427 g/mol. The van der Waals surface area contributed by atoms with Crippen LogP contribution in [0.5, 0.6) is 0 Å². The molecule has 0 saturated heterocycles. The van der Waals surface area contributed by atoms with E-state index in [1.54, 1.807) is 18.2 Å². The molecular formula is C20H12F3N5O3. The van der Waals surface area contributed by atoms with E-state index in [0.717, 1.165) is 0 Å². The Bertz CT molecular complexity index is 1580. The first kappa shape index (κ1) is 18.9. The summed E-state index contributed by atoms with van der Waals surface area (Å²) < 4.78 is 47.5. The minimum atomic E-state index is -4.76. The van der Waals surface area contributed by atoms with Crippen molar-refractivity contribution in [2.24, 2.45) is 0 Å². The molecule has 0 spiro atoms. The number of nitrogens with one attached hydrogen (secondary N) is 2. The van der Waals surface area contributed by atoms with E-state index in [9.17, 15) is 22.8 Å². The van der Waals surface area contributed by atoms with Crippen molar-refractivity contribution in [3.05, 3.63) is 74.7 Å². The molecule has 0 aliphatic rings. The van der Waals surface area contributed by atoms with Crippen molar-refractivity contribution in [2.45, 2.75) is 13.1 Å². The molecule has 0 unspecified atom stereocenters. The molecule has 0 radical (unpaired) electrons. The highest BCUT2D eigenvalue weighted by Gasteiger charge is 2.38. The first-order valence-corrected chi connectivity index (χ1v) is 9.02. The topological polar surface area (TPSA) is 109 Å². The Kier molecular flexibility index (Phi) is 3.91. The second-order valence-electron chi connectivity index (χ2n) is 6.80. The fraction of sp³-hybridized carbons (Fsp3) is 0.100. The summed E-state index contributed by atoms with van der Waals surface area (Å²) in [6.45, 7) is 1.46. The third kappa shape index (κ3) is 2.85. The van der Waals surface area contributed by atoms with Gasteiger partial charge in [-0.15, -0.1) is 0 Å². The highest BCUT2D eigenvalue weighted by atomic mass is 19.4. The lowest BCUT2D eigenvalue weighted by atomic mass is 10.1. The fourth-order valence-electron chi connectivity index (χ4n) is 3.48. The quantitative estimate of drug-likeness (QED) is 0.448. The summed E-state index contributed by atoms with van der Waals surface area (Å²) in [5.41, 5.74) is -2.57.